The van der Waals surface area contributed by atoms with E-state index in [1.807, 2.05) is 114 Å². The van der Waals surface area contributed by atoms with Crippen molar-refractivity contribution in [3.05, 3.63) is 167 Å². The molecule has 0 saturated carbocycles. The zero-order chi connectivity index (χ0) is 25.1. The monoisotopic (exact) mass is 496 g/mol. The maximum Gasteiger partial charge on any atom is 0.288 e. The van der Waals surface area contributed by atoms with Crippen LogP contribution in [0.1, 0.15) is 26.5 Å². The fraction of sp³-hybridized carbons (Fsp3) is 0.0303. The molecule has 6 aromatic rings. The predicted octanol–water partition coefficient (Wildman–Crippen LogP) is 7.94. The summed E-state index contributed by atoms with van der Waals surface area (Å²) in [6, 6.07) is 48.6. The molecule has 0 fully saturated rings. The van der Waals surface area contributed by atoms with E-state index in [1.165, 1.54) is 11.3 Å². The third-order valence-electron chi connectivity index (χ3n) is 6.60. The number of thiazole rings is 1. The van der Waals surface area contributed by atoms with Crippen LogP contribution in [0.25, 0.3) is 10.2 Å². The highest BCUT2D eigenvalue weighted by Crippen LogP contribution is 2.45. The molecule has 0 unspecified atom stereocenters. The Morgan fingerprint density at radius 3 is 1.49 bits per heavy atom. The largest absolute Gasteiger partial charge is 0.288 e. The van der Waals surface area contributed by atoms with Crippen LogP contribution in [0.5, 0.6) is 0 Å². The van der Waals surface area contributed by atoms with Crippen molar-refractivity contribution < 1.29 is 4.79 Å². The molecule has 1 amide bonds. The van der Waals surface area contributed by atoms with E-state index >= 15 is 0 Å². The van der Waals surface area contributed by atoms with Gasteiger partial charge in [-0.3, -0.25) is 9.69 Å². The Labute approximate surface area is 220 Å². The first kappa shape index (κ1) is 22.9. The summed E-state index contributed by atoms with van der Waals surface area (Å²) >= 11 is 1.43. The highest BCUT2D eigenvalue weighted by molar-refractivity contribution is 7.20. The van der Waals surface area contributed by atoms with Crippen molar-refractivity contribution in [2.45, 2.75) is 5.54 Å². The molecule has 6 rings (SSSR count). The van der Waals surface area contributed by atoms with Crippen molar-refractivity contribution in [1.29, 1.82) is 0 Å². The summed E-state index contributed by atoms with van der Waals surface area (Å²) in [7, 11) is 0. The molecule has 0 aliphatic rings. The molecule has 0 aliphatic carbocycles. The summed E-state index contributed by atoms with van der Waals surface area (Å²) < 4.78 is 0.989. The van der Waals surface area contributed by atoms with Crippen molar-refractivity contribution in [3.8, 4) is 0 Å². The number of hydrogen-bond donors (Lipinski definition) is 0. The number of hydrogen-bond acceptors (Lipinski definition) is 3. The molecule has 1 heterocycles. The number of carbonyl (C=O) groups is 1. The Bertz CT molecular complexity index is 1500. The van der Waals surface area contributed by atoms with E-state index in [2.05, 4.69) is 36.4 Å². The molecule has 0 spiro atoms. The molecule has 0 aliphatic heterocycles. The number of benzene rings is 5. The number of anilines is 1. The molecule has 0 saturated heterocycles. The Morgan fingerprint density at radius 1 is 0.568 bits per heavy atom. The SMILES string of the molecule is O=C(c1nc2ccccc2s1)N(c1ccccc1)C(c1ccccc1)(c1ccccc1)c1ccccc1. The average molecular weight is 497 g/mol. The molecule has 3 nitrogen and oxygen atoms in total. The van der Waals surface area contributed by atoms with Crippen molar-refractivity contribution in [2.75, 3.05) is 4.90 Å². The van der Waals surface area contributed by atoms with Crippen molar-refractivity contribution >= 4 is 33.1 Å². The van der Waals surface area contributed by atoms with Crippen molar-refractivity contribution in [3.63, 3.8) is 0 Å². The number of rotatable bonds is 6. The van der Waals surface area contributed by atoms with Gasteiger partial charge in [0.05, 0.1) is 10.2 Å². The zero-order valence-electron chi connectivity index (χ0n) is 20.1. The van der Waals surface area contributed by atoms with Gasteiger partial charge in [0.25, 0.3) is 5.91 Å². The van der Waals surface area contributed by atoms with Gasteiger partial charge in [0.15, 0.2) is 5.01 Å². The normalized spacial score (nSPS) is 11.4. The van der Waals surface area contributed by atoms with E-state index in [0.717, 1.165) is 32.6 Å². The van der Waals surface area contributed by atoms with Crippen LogP contribution in [-0.4, -0.2) is 10.9 Å². The number of para-hydroxylation sites is 2. The molecular weight excluding hydrogens is 472 g/mol. The van der Waals surface area contributed by atoms with E-state index < -0.39 is 5.54 Å². The van der Waals surface area contributed by atoms with E-state index in [9.17, 15) is 4.79 Å². The maximum absolute atomic E-state index is 14.8. The molecule has 1 aromatic heterocycles. The second-order valence-corrected chi connectivity index (χ2v) is 9.80. The van der Waals surface area contributed by atoms with Crippen LogP contribution in [-0.2, 0) is 5.54 Å². The smallest absolute Gasteiger partial charge is 0.288 e. The first-order chi connectivity index (χ1) is 18.3. The molecule has 5 aromatic carbocycles. The minimum atomic E-state index is -0.944. The van der Waals surface area contributed by atoms with E-state index in [-0.39, 0.29) is 5.91 Å². The fourth-order valence-electron chi connectivity index (χ4n) is 5.02. The lowest BCUT2D eigenvalue weighted by Crippen LogP contribution is -2.51. The third-order valence-corrected chi connectivity index (χ3v) is 7.63. The first-order valence-electron chi connectivity index (χ1n) is 12.2. The van der Waals surface area contributed by atoms with Crippen LogP contribution in [0.2, 0.25) is 0 Å². The van der Waals surface area contributed by atoms with Gasteiger partial charge in [0.2, 0.25) is 0 Å². The lowest BCUT2D eigenvalue weighted by atomic mass is 9.75. The Morgan fingerprint density at radius 2 is 1.00 bits per heavy atom. The Balaban J connectivity index is 1.71. The Hall–Kier alpha value is -4.54. The summed E-state index contributed by atoms with van der Waals surface area (Å²) in [5, 5.41) is 0.456. The number of fused-ring (bicyclic) bond motifs is 1. The lowest BCUT2D eigenvalue weighted by Gasteiger charge is -2.45. The topological polar surface area (TPSA) is 33.2 Å². The quantitative estimate of drug-likeness (QED) is 0.219. The predicted molar refractivity (Wildman–Crippen MR) is 152 cm³/mol. The summed E-state index contributed by atoms with van der Waals surface area (Å²) in [5.74, 6) is -0.149. The lowest BCUT2D eigenvalue weighted by molar-refractivity contribution is 0.0968. The van der Waals surface area contributed by atoms with Crippen molar-refractivity contribution in [1.82, 2.24) is 4.98 Å². The average Bonchev–Trinajstić information content (AvgIpc) is 3.42. The molecule has 0 atom stereocenters. The van der Waals surface area contributed by atoms with Crippen LogP contribution in [0, 0.1) is 0 Å². The standard InChI is InChI=1S/C33H24N2OS/c36-32(31-34-29-23-13-14-24-30(29)37-31)35(28-21-11-4-12-22-28)33(25-15-5-1-6-16-25,26-17-7-2-8-18-26)27-19-9-3-10-20-27/h1-24H. The number of carbonyl (C=O) groups excluding carboxylic acids is 1. The summed E-state index contributed by atoms with van der Waals surface area (Å²) in [5.41, 5.74) is 3.65. The van der Waals surface area contributed by atoms with Gasteiger partial charge >= 0.3 is 0 Å². The summed E-state index contributed by atoms with van der Waals surface area (Å²) in [6.07, 6.45) is 0. The minimum Gasteiger partial charge on any atom is -0.288 e. The van der Waals surface area contributed by atoms with Gasteiger partial charge in [-0.05, 0) is 41.0 Å². The molecule has 4 heteroatoms. The summed E-state index contributed by atoms with van der Waals surface area (Å²) in [6.45, 7) is 0. The van der Waals surface area contributed by atoms with Crippen LogP contribution in [0.4, 0.5) is 5.69 Å². The van der Waals surface area contributed by atoms with E-state index in [4.69, 9.17) is 4.98 Å². The maximum atomic E-state index is 14.8. The second-order valence-electron chi connectivity index (χ2n) is 8.77. The van der Waals surface area contributed by atoms with Gasteiger partial charge in [-0.15, -0.1) is 11.3 Å². The van der Waals surface area contributed by atoms with Gasteiger partial charge in [-0.1, -0.05) is 121 Å². The van der Waals surface area contributed by atoms with Crippen LogP contribution >= 0.6 is 11.3 Å². The van der Waals surface area contributed by atoms with Gasteiger partial charge in [0.1, 0.15) is 5.54 Å². The third kappa shape index (κ3) is 4.02. The van der Waals surface area contributed by atoms with Gasteiger partial charge in [0, 0.05) is 5.69 Å². The van der Waals surface area contributed by atoms with E-state index in [1.54, 1.807) is 0 Å². The molecule has 37 heavy (non-hydrogen) atoms. The number of nitrogens with zero attached hydrogens (tertiary/aromatic N) is 2. The summed E-state index contributed by atoms with van der Waals surface area (Å²) in [4.78, 5) is 21.5. The molecule has 0 radical (unpaired) electrons. The highest BCUT2D eigenvalue weighted by atomic mass is 32.1. The molecule has 0 bridgehead atoms. The Kier molecular flexibility index (Phi) is 6.09. The van der Waals surface area contributed by atoms with Gasteiger partial charge in [-0.25, -0.2) is 4.98 Å². The van der Waals surface area contributed by atoms with E-state index in [0.29, 0.717) is 5.01 Å². The molecule has 178 valence electrons. The zero-order valence-corrected chi connectivity index (χ0v) is 20.9. The number of aromatic nitrogens is 1. The molecule has 0 N–H and O–H groups in total. The number of amides is 1. The van der Waals surface area contributed by atoms with Crippen LogP contribution in [0.15, 0.2) is 146 Å². The van der Waals surface area contributed by atoms with Crippen molar-refractivity contribution in [2.24, 2.45) is 0 Å². The molecular formula is C33H24N2OS. The van der Waals surface area contributed by atoms with Crippen LogP contribution in [0.3, 0.4) is 0 Å². The second kappa shape index (κ2) is 9.84. The van der Waals surface area contributed by atoms with Crippen LogP contribution < -0.4 is 4.90 Å². The fourth-order valence-corrected chi connectivity index (χ4v) is 5.92. The minimum absolute atomic E-state index is 0.149. The van der Waals surface area contributed by atoms with Gasteiger partial charge < -0.3 is 0 Å². The first-order valence-corrected chi connectivity index (χ1v) is 13.0. The van der Waals surface area contributed by atoms with Gasteiger partial charge in [-0.2, -0.15) is 0 Å². The highest BCUT2D eigenvalue weighted by Gasteiger charge is 2.46.